The molecule has 0 bridgehead atoms. The Labute approximate surface area is 177 Å². The van der Waals surface area contributed by atoms with E-state index in [4.69, 9.17) is 21.7 Å². The van der Waals surface area contributed by atoms with Crippen molar-refractivity contribution in [2.75, 3.05) is 45.7 Å². The lowest BCUT2D eigenvalue weighted by Crippen LogP contribution is -2.51. The van der Waals surface area contributed by atoms with Crippen molar-refractivity contribution in [3.05, 3.63) is 48.0 Å². The highest BCUT2D eigenvalue weighted by Gasteiger charge is 2.29. The Bertz CT molecular complexity index is 970. The first-order chi connectivity index (χ1) is 13.8. The summed E-state index contributed by atoms with van der Waals surface area (Å²) in [7, 11) is -0.321. The lowest BCUT2D eigenvalue weighted by molar-refractivity contribution is 0.268. The molecule has 0 spiro atoms. The maximum atomic E-state index is 12.8. The van der Waals surface area contributed by atoms with Gasteiger partial charge in [-0.3, -0.25) is 0 Å². The van der Waals surface area contributed by atoms with Gasteiger partial charge in [0.1, 0.15) is 11.5 Å². The number of hydrogen-bond acceptors (Lipinski definition) is 5. The second kappa shape index (κ2) is 8.98. The molecule has 2 aromatic rings. The number of nitrogens with one attached hydrogen (secondary N) is 1. The highest BCUT2D eigenvalue weighted by atomic mass is 32.2. The number of methoxy groups -OCH3 is 2. The standard InChI is InChI=1S/C20H25N3O4S2/c1-15-4-7-17(8-5-15)29(24,25)23-12-10-22(11-13-23)20(28)21-18-9-6-16(26-2)14-19(18)27-3/h4-9,14H,10-13H2,1-3H3,(H,21,28). The number of thiocarbonyl (C=S) groups is 1. The average Bonchev–Trinajstić information content (AvgIpc) is 2.74. The molecular formula is C20H25N3O4S2. The summed E-state index contributed by atoms with van der Waals surface area (Å²) >= 11 is 5.52. The van der Waals surface area contributed by atoms with Gasteiger partial charge in [0.25, 0.3) is 0 Å². The zero-order chi connectivity index (χ0) is 21.0. The molecule has 1 N–H and O–H groups in total. The fourth-order valence-electron chi connectivity index (χ4n) is 3.09. The largest absolute Gasteiger partial charge is 0.497 e. The van der Waals surface area contributed by atoms with E-state index >= 15 is 0 Å². The summed E-state index contributed by atoms with van der Waals surface area (Å²) < 4.78 is 37.8. The number of sulfonamides is 1. The average molecular weight is 436 g/mol. The van der Waals surface area contributed by atoms with E-state index in [1.54, 1.807) is 32.4 Å². The zero-order valence-corrected chi connectivity index (χ0v) is 18.3. The van der Waals surface area contributed by atoms with Crippen molar-refractivity contribution >= 4 is 33.0 Å². The van der Waals surface area contributed by atoms with E-state index in [0.717, 1.165) is 11.3 Å². The third-order valence-electron chi connectivity index (χ3n) is 4.83. The number of nitrogens with zero attached hydrogens (tertiary/aromatic N) is 2. The smallest absolute Gasteiger partial charge is 0.243 e. The Hall–Kier alpha value is -2.36. The third kappa shape index (κ3) is 4.80. The van der Waals surface area contributed by atoms with Gasteiger partial charge < -0.3 is 19.7 Å². The van der Waals surface area contributed by atoms with Gasteiger partial charge >= 0.3 is 0 Å². The van der Waals surface area contributed by atoms with Gasteiger partial charge in [-0.25, -0.2) is 8.42 Å². The fraction of sp³-hybridized carbons (Fsp3) is 0.350. The van der Waals surface area contributed by atoms with Gasteiger partial charge in [0.2, 0.25) is 10.0 Å². The van der Waals surface area contributed by atoms with E-state index in [2.05, 4.69) is 5.32 Å². The van der Waals surface area contributed by atoms with Gasteiger partial charge in [-0.1, -0.05) is 17.7 Å². The lowest BCUT2D eigenvalue weighted by atomic mass is 10.2. The molecule has 2 aromatic carbocycles. The SMILES string of the molecule is COc1ccc(NC(=S)N2CCN(S(=O)(=O)c3ccc(C)cc3)CC2)c(OC)c1. The maximum Gasteiger partial charge on any atom is 0.243 e. The number of rotatable bonds is 5. The van der Waals surface area contributed by atoms with Gasteiger partial charge in [0, 0.05) is 32.2 Å². The number of hydrogen-bond donors (Lipinski definition) is 1. The fourth-order valence-corrected chi connectivity index (χ4v) is 4.80. The van der Waals surface area contributed by atoms with Crippen LogP contribution in [0.2, 0.25) is 0 Å². The molecular weight excluding hydrogens is 410 g/mol. The van der Waals surface area contributed by atoms with Gasteiger partial charge in [0.05, 0.1) is 24.8 Å². The summed E-state index contributed by atoms with van der Waals surface area (Å²) in [5, 5.41) is 3.71. The molecule has 0 unspecified atom stereocenters. The second-order valence-corrected chi connectivity index (χ2v) is 9.03. The van der Waals surface area contributed by atoms with Gasteiger partial charge in [0.15, 0.2) is 5.11 Å². The second-order valence-electron chi connectivity index (χ2n) is 6.70. The van der Waals surface area contributed by atoms with Crippen LogP contribution in [0.5, 0.6) is 11.5 Å². The predicted octanol–water partition coefficient (Wildman–Crippen LogP) is 2.72. The Kier molecular flexibility index (Phi) is 6.61. The van der Waals surface area contributed by atoms with Crippen LogP contribution in [0.15, 0.2) is 47.4 Å². The van der Waals surface area contributed by atoms with E-state index in [0.29, 0.717) is 47.7 Å². The molecule has 0 aliphatic carbocycles. The van der Waals surface area contributed by atoms with Gasteiger partial charge in [-0.05, 0) is 43.4 Å². The van der Waals surface area contributed by atoms with Crippen molar-refractivity contribution in [2.45, 2.75) is 11.8 Å². The molecule has 1 aliphatic rings. The normalized spacial score (nSPS) is 15.1. The first-order valence-electron chi connectivity index (χ1n) is 9.20. The van der Waals surface area contributed by atoms with Crippen LogP contribution in [0.25, 0.3) is 0 Å². The van der Waals surface area contributed by atoms with E-state index in [1.165, 1.54) is 4.31 Å². The number of benzene rings is 2. The Morgan fingerprint density at radius 3 is 2.24 bits per heavy atom. The first-order valence-corrected chi connectivity index (χ1v) is 11.0. The predicted molar refractivity (Wildman–Crippen MR) is 117 cm³/mol. The van der Waals surface area contributed by atoms with E-state index in [9.17, 15) is 8.42 Å². The minimum atomic E-state index is -3.50. The molecule has 1 heterocycles. The molecule has 156 valence electrons. The minimum absolute atomic E-state index is 0.320. The summed E-state index contributed by atoms with van der Waals surface area (Å²) in [5.74, 6) is 1.31. The van der Waals surface area contributed by atoms with Crippen LogP contribution in [0.4, 0.5) is 5.69 Å². The van der Waals surface area contributed by atoms with Crippen molar-refractivity contribution in [3.63, 3.8) is 0 Å². The highest BCUT2D eigenvalue weighted by Crippen LogP contribution is 2.29. The van der Waals surface area contributed by atoms with Crippen LogP contribution in [-0.4, -0.2) is 63.1 Å². The van der Waals surface area contributed by atoms with Crippen molar-refractivity contribution in [1.82, 2.24) is 9.21 Å². The summed E-state index contributed by atoms with van der Waals surface area (Å²) in [6, 6.07) is 12.4. The molecule has 0 atom stereocenters. The highest BCUT2D eigenvalue weighted by molar-refractivity contribution is 7.89. The molecule has 1 fully saturated rings. The number of anilines is 1. The molecule has 0 saturated carbocycles. The van der Waals surface area contributed by atoms with E-state index in [1.807, 2.05) is 36.1 Å². The third-order valence-corrected chi connectivity index (χ3v) is 7.11. The molecule has 9 heteroatoms. The van der Waals surface area contributed by atoms with Crippen LogP contribution >= 0.6 is 12.2 Å². The van der Waals surface area contributed by atoms with Crippen molar-refractivity contribution in [3.8, 4) is 11.5 Å². The topological polar surface area (TPSA) is 71.1 Å². The minimum Gasteiger partial charge on any atom is -0.497 e. The van der Waals surface area contributed by atoms with Crippen LogP contribution in [0.1, 0.15) is 5.56 Å². The zero-order valence-electron chi connectivity index (χ0n) is 16.7. The van der Waals surface area contributed by atoms with Crippen molar-refractivity contribution < 1.29 is 17.9 Å². The number of aryl methyl sites for hydroxylation is 1. The molecule has 0 aromatic heterocycles. The van der Waals surface area contributed by atoms with Crippen LogP contribution in [0.3, 0.4) is 0 Å². The first kappa shape index (κ1) is 21.4. The molecule has 0 radical (unpaired) electrons. The summed E-state index contributed by atoms with van der Waals surface area (Å²) in [4.78, 5) is 2.28. The molecule has 0 amide bonds. The number of piperazine rings is 1. The Balaban J connectivity index is 1.63. The molecule has 29 heavy (non-hydrogen) atoms. The lowest BCUT2D eigenvalue weighted by Gasteiger charge is -2.35. The summed E-state index contributed by atoms with van der Waals surface area (Å²) in [6.07, 6.45) is 0. The van der Waals surface area contributed by atoms with Crippen LogP contribution in [0, 0.1) is 6.92 Å². The quantitative estimate of drug-likeness (QED) is 0.724. The maximum absolute atomic E-state index is 12.8. The molecule has 1 saturated heterocycles. The monoisotopic (exact) mass is 435 g/mol. The molecule has 3 rings (SSSR count). The summed E-state index contributed by atoms with van der Waals surface area (Å²) in [5.41, 5.74) is 1.76. The Morgan fingerprint density at radius 1 is 1.00 bits per heavy atom. The Morgan fingerprint density at radius 2 is 1.66 bits per heavy atom. The van der Waals surface area contributed by atoms with Crippen LogP contribution < -0.4 is 14.8 Å². The molecule has 7 nitrogen and oxygen atoms in total. The van der Waals surface area contributed by atoms with E-state index < -0.39 is 10.0 Å². The van der Waals surface area contributed by atoms with Gasteiger partial charge in [-0.2, -0.15) is 4.31 Å². The van der Waals surface area contributed by atoms with E-state index in [-0.39, 0.29) is 0 Å². The van der Waals surface area contributed by atoms with Crippen molar-refractivity contribution in [2.24, 2.45) is 0 Å². The summed E-state index contributed by atoms with van der Waals surface area (Å²) in [6.45, 7) is 3.70. The van der Waals surface area contributed by atoms with Gasteiger partial charge in [-0.15, -0.1) is 0 Å². The van der Waals surface area contributed by atoms with Crippen LogP contribution in [-0.2, 0) is 10.0 Å². The van der Waals surface area contributed by atoms with Crippen molar-refractivity contribution in [1.29, 1.82) is 0 Å². The molecule has 1 aliphatic heterocycles. The number of ether oxygens (including phenoxy) is 2.